The highest BCUT2D eigenvalue weighted by atomic mass is 19.1. The highest BCUT2D eigenvalue weighted by Gasteiger charge is 2.26. The topological polar surface area (TPSA) is 56.7 Å². The second-order valence-electron chi connectivity index (χ2n) is 4.61. The molecule has 0 saturated heterocycles. The van der Waals surface area contributed by atoms with Gasteiger partial charge in [-0.3, -0.25) is 0 Å². The first kappa shape index (κ1) is 11.3. The summed E-state index contributed by atoms with van der Waals surface area (Å²) in [7, 11) is 0. The van der Waals surface area contributed by atoms with Gasteiger partial charge in [-0.2, -0.15) is 0 Å². The third kappa shape index (κ3) is 1.71. The summed E-state index contributed by atoms with van der Waals surface area (Å²) in [5, 5.41) is 8.26. The summed E-state index contributed by atoms with van der Waals surface area (Å²) in [4.78, 5) is 0. The number of halogens is 1. The van der Waals surface area contributed by atoms with E-state index in [9.17, 15) is 4.39 Å². The molecule has 0 saturated carbocycles. The van der Waals surface area contributed by atoms with Crippen molar-refractivity contribution in [2.45, 2.75) is 25.2 Å². The lowest BCUT2D eigenvalue weighted by Crippen LogP contribution is -2.21. The smallest absolute Gasteiger partial charge is 0.148 e. The molecule has 1 aliphatic carbocycles. The van der Waals surface area contributed by atoms with Crippen molar-refractivity contribution in [1.29, 1.82) is 0 Å². The van der Waals surface area contributed by atoms with E-state index in [0.717, 1.165) is 30.7 Å². The predicted molar refractivity (Wildman–Crippen MR) is 66.1 cm³/mol. The Morgan fingerprint density at radius 1 is 1.39 bits per heavy atom. The van der Waals surface area contributed by atoms with Crippen molar-refractivity contribution in [2.75, 3.05) is 6.54 Å². The molecule has 3 rings (SSSR count). The lowest BCUT2D eigenvalue weighted by atomic mass is 9.89. The molecule has 18 heavy (non-hydrogen) atoms. The number of nitrogens with two attached hydrogens (primary N) is 1. The molecule has 1 aromatic carbocycles. The predicted octanol–water partition coefficient (Wildman–Crippen LogP) is 1.78. The fourth-order valence-corrected chi connectivity index (χ4v) is 2.59. The molecule has 0 amide bonds. The van der Waals surface area contributed by atoms with Crippen molar-refractivity contribution in [3.05, 3.63) is 41.5 Å². The molecular weight excluding hydrogens is 231 g/mol. The van der Waals surface area contributed by atoms with E-state index < -0.39 is 0 Å². The first-order valence-electron chi connectivity index (χ1n) is 6.20. The number of benzene rings is 1. The van der Waals surface area contributed by atoms with E-state index in [1.807, 2.05) is 0 Å². The van der Waals surface area contributed by atoms with E-state index in [-0.39, 0.29) is 11.7 Å². The number of rotatable bonds is 2. The zero-order valence-electron chi connectivity index (χ0n) is 10.0. The lowest BCUT2D eigenvalue weighted by molar-refractivity contribution is 0.527. The number of para-hydroxylation sites is 1. The molecule has 5 heteroatoms. The van der Waals surface area contributed by atoms with Gasteiger partial charge in [-0.25, -0.2) is 9.07 Å². The molecule has 1 aromatic heterocycles. The Balaban J connectivity index is 2.14. The SMILES string of the molecule is NCC1CCCc2nnn(-c3ccccc3F)c21. The van der Waals surface area contributed by atoms with E-state index in [4.69, 9.17) is 5.73 Å². The van der Waals surface area contributed by atoms with Gasteiger partial charge in [-0.05, 0) is 31.4 Å². The van der Waals surface area contributed by atoms with Gasteiger partial charge in [0.2, 0.25) is 0 Å². The van der Waals surface area contributed by atoms with E-state index in [2.05, 4.69) is 10.3 Å². The summed E-state index contributed by atoms with van der Waals surface area (Å²) in [5.74, 6) is -0.0603. The van der Waals surface area contributed by atoms with Gasteiger partial charge in [0.1, 0.15) is 11.5 Å². The molecule has 1 unspecified atom stereocenters. The molecule has 0 radical (unpaired) electrons. The van der Waals surface area contributed by atoms with Crippen LogP contribution in [0.3, 0.4) is 0 Å². The van der Waals surface area contributed by atoms with Gasteiger partial charge in [0.05, 0.1) is 11.4 Å². The summed E-state index contributed by atoms with van der Waals surface area (Å²) in [6.07, 6.45) is 3.00. The van der Waals surface area contributed by atoms with E-state index >= 15 is 0 Å². The molecule has 1 atom stereocenters. The summed E-state index contributed by atoms with van der Waals surface area (Å²) < 4.78 is 15.4. The van der Waals surface area contributed by atoms with Crippen LogP contribution in [0.1, 0.15) is 30.1 Å². The average molecular weight is 246 g/mol. The molecular formula is C13H15FN4. The molecule has 1 aliphatic rings. The number of aromatic nitrogens is 3. The third-order valence-corrected chi connectivity index (χ3v) is 3.50. The molecule has 0 bridgehead atoms. The standard InChI is InChI=1S/C13H15FN4/c14-10-5-1-2-7-12(10)18-13-9(8-15)4-3-6-11(13)16-17-18/h1-2,5,7,9H,3-4,6,8,15H2. The maximum absolute atomic E-state index is 13.8. The average Bonchev–Trinajstić information content (AvgIpc) is 2.83. The van der Waals surface area contributed by atoms with Crippen LogP contribution in [0, 0.1) is 5.82 Å². The third-order valence-electron chi connectivity index (χ3n) is 3.50. The van der Waals surface area contributed by atoms with Crippen LogP contribution in [0.25, 0.3) is 5.69 Å². The van der Waals surface area contributed by atoms with Crippen LogP contribution in [0.4, 0.5) is 4.39 Å². The zero-order valence-corrected chi connectivity index (χ0v) is 10.0. The summed E-state index contributed by atoms with van der Waals surface area (Å²) in [6.45, 7) is 0.550. The number of nitrogens with zero attached hydrogens (tertiary/aromatic N) is 3. The van der Waals surface area contributed by atoms with E-state index in [0.29, 0.717) is 12.2 Å². The van der Waals surface area contributed by atoms with Gasteiger partial charge < -0.3 is 5.73 Å². The Hall–Kier alpha value is -1.75. The fourth-order valence-electron chi connectivity index (χ4n) is 2.59. The van der Waals surface area contributed by atoms with Crippen LogP contribution in [0.2, 0.25) is 0 Å². The number of aryl methyl sites for hydroxylation is 1. The van der Waals surface area contributed by atoms with Crippen LogP contribution in [0.15, 0.2) is 24.3 Å². The van der Waals surface area contributed by atoms with Crippen molar-refractivity contribution in [3.63, 3.8) is 0 Å². The number of hydrogen-bond donors (Lipinski definition) is 1. The van der Waals surface area contributed by atoms with Crippen molar-refractivity contribution in [2.24, 2.45) is 5.73 Å². The summed E-state index contributed by atoms with van der Waals surface area (Å²) in [5.41, 5.74) is 8.19. The Bertz CT molecular complexity index is 564. The Kier molecular flexibility index (Phi) is 2.83. The highest BCUT2D eigenvalue weighted by molar-refractivity contribution is 5.36. The highest BCUT2D eigenvalue weighted by Crippen LogP contribution is 2.31. The molecule has 0 aliphatic heterocycles. The zero-order chi connectivity index (χ0) is 12.5. The minimum atomic E-state index is -0.286. The second kappa shape index (κ2) is 4.49. The minimum Gasteiger partial charge on any atom is -0.330 e. The summed E-state index contributed by atoms with van der Waals surface area (Å²) in [6, 6.07) is 6.62. The van der Waals surface area contributed by atoms with Gasteiger partial charge in [-0.15, -0.1) is 5.10 Å². The first-order valence-corrected chi connectivity index (χ1v) is 6.20. The van der Waals surface area contributed by atoms with Crippen LogP contribution < -0.4 is 5.73 Å². The quantitative estimate of drug-likeness (QED) is 0.878. The lowest BCUT2D eigenvalue weighted by Gasteiger charge is -2.21. The van der Waals surface area contributed by atoms with Crippen LogP contribution in [0.5, 0.6) is 0 Å². The largest absolute Gasteiger partial charge is 0.330 e. The molecule has 1 heterocycles. The van der Waals surface area contributed by atoms with Gasteiger partial charge in [0.25, 0.3) is 0 Å². The van der Waals surface area contributed by atoms with Crippen molar-refractivity contribution < 1.29 is 4.39 Å². The molecule has 2 aromatic rings. The molecule has 0 fully saturated rings. The Morgan fingerprint density at radius 2 is 2.22 bits per heavy atom. The van der Waals surface area contributed by atoms with E-state index in [1.165, 1.54) is 6.07 Å². The first-order chi connectivity index (χ1) is 8.81. The van der Waals surface area contributed by atoms with Crippen molar-refractivity contribution in [3.8, 4) is 5.69 Å². The van der Waals surface area contributed by atoms with Gasteiger partial charge >= 0.3 is 0 Å². The maximum Gasteiger partial charge on any atom is 0.148 e. The van der Waals surface area contributed by atoms with Crippen LogP contribution in [-0.4, -0.2) is 21.5 Å². The van der Waals surface area contributed by atoms with E-state index in [1.54, 1.807) is 22.9 Å². The van der Waals surface area contributed by atoms with Gasteiger partial charge in [0, 0.05) is 12.5 Å². The van der Waals surface area contributed by atoms with Gasteiger partial charge in [0.15, 0.2) is 0 Å². The Labute approximate surface area is 105 Å². The Morgan fingerprint density at radius 3 is 3.00 bits per heavy atom. The van der Waals surface area contributed by atoms with Crippen LogP contribution in [-0.2, 0) is 6.42 Å². The van der Waals surface area contributed by atoms with Crippen molar-refractivity contribution >= 4 is 0 Å². The molecule has 94 valence electrons. The normalized spacial score (nSPS) is 18.7. The van der Waals surface area contributed by atoms with Crippen LogP contribution >= 0.6 is 0 Å². The molecule has 2 N–H and O–H groups in total. The molecule has 0 spiro atoms. The fraction of sp³-hybridized carbons (Fsp3) is 0.385. The molecule has 4 nitrogen and oxygen atoms in total. The number of fused-ring (bicyclic) bond motifs is 1. The van der Waals surface area contributed by atoms with Crippen molar-refractivity contribution in [1.82, 2.24) is 15.0 Å². The van der Waals surface area contributed by atoms with Gasteiger partial charge in [-0.1, -0.05) is 17.3 Å². The maximum atomic E-state index is 13.8. The monoisotopic (exact) mass is 246 g/mol. The second-order valence-corrected chi connectivity index (χ2v) is 4.61. The minimum absolute atomic E-state index is 0.225. The summed E-state index contributed by atoms with van der Waals surface area (Å²) >= 11 is 0. The number of hydrogen-bond acceptors (Lipinski definition) is 3.